The van der Waals surface area contributed by atoms with Crippen LogP contribution in [-0.2, 0) is 9.59 Å². The Hall–Kier alpha value is -2.86. The second-order valence-corrected chi connectivity index (χ2v) is 8.35. The van der Waals surface area contributed by atoms with Gasteiger partial charge in [0.1, 0.15) is 5.57 Å². The van der Waals surface area contributed by atoms with E-state index in [1.807, 2.05) is 54.6 Å². The van der Waals surface area contributed by atoms with Crippen LogP contribution in [-0.4, -0.2) is 28.8 Å². The molecule has 1 saturated carbocycles. The highest BCUT2D eigenvalue weighted by Gasteiger charge is 2.40. The summed E-state index contributed by atoms with van der Waals surface area (Å²) in [5, 5.41) is 2.35. The Kier molecular flexibility index (Phi) is 5.81. The molecule has 2 fully saturated rings. The fraction of sp³-hybridized carbons (Fsp3) is 0.261. The Morgan fingerprint density at radius 1 is 0.897 bits per heavy atom. The third-order valence-corrected chi connectivity index (χ3v) is 6.36. The quantitative estimate of drug-likeness (QED) is 0.594. The van der Waals surface area contributed by atoms with Gasteiger partial charge >= 0.3 is 6.03 Å². The Bertz CT molecular complexity index is 965. The van der Waals surface area contributed by atoms with Crippen molar-refractivity contribution in [1.29, 1.82) is 0 Å². The number of nitrogens with zero attached hydrogens (tertiary/aromatic N) is 1. The van der Waals surface area contributed by atoms with Crippen molar-refractivity contribution in [2.45, 2.75) is 47.9 Å². The molecular weight excluding hydrogens is 384 g/mol. The Morgan fingerprint density at radius 3 is 2.34 bits per heavy atom. The molecule has 4 amide bonds. The van der Waals surface area contributed by atoms with Crippen LogP contribution in [0.2, 0.25) is 0 Å². The molecule has 0 spiro atoms. The summed E-state index contributed by atoms with van der Waals surface area (Å²) < 4.78 is 0. The van der Waals surface area contributed by atoms with Crippen LogP contribution >= 0.6 is 11.8 Å². The maximum atomic E-state index is 13.1. The van der Waals surface area contributed by atoms with E-state index in [1.54, 1.807) is 17.8 Å². The maximum absolute atomic E-state index is 13.1. The molecule has 148 valence electrons. The highest BCUT2D eigenvalue weighted by molar-refractivity contribution is 7.99. The zero-order valence-electron chi connectivity index (χ0n) is 16.0. The SMILES string of the molecule is O=C1NC(=O)N(C2CCCCC2)C(=O)C1=Cc1ccccc1Sc1ccccc1. The number of barbiturate groups is 1. The number of hydrogen-bond donors (Lipinski definition) is 1. The molecule has 2 aromatic carbocycles. The van der Waals surface area contributed by atoms with Gasteiger partial charge < -0.3 is 0 Å². The molecule has 0 radical (unpaired) electrons. The van der Waals surface area contributed by atoms with Gasteiger partial charge in [0.05, 0.1) is 0 Å². The minimum Gasteiger partial charge on any atom is -0.273 e. The second kappa shape index (κ2) is 8.66. The normalized spacial score (nSPS) is 19.5. The number of hydrogen-bond acceptors (Lipinski definition) is 4. The first kappa shape index (κ1) is 19.5. The summed E-state index contributed by atoms with van der Waals surface area (Å²) in [6.45, 7) is 0. The molecule has 5 nitrogen and oxygen atoms in total. The van der Waals surface area contributed by atoms with E-state index >= 15 is 0 Å². The van der Waals surface area contributed by atoms with Crippen LogP contribution in [0.15, 0.2) is 70.0 Å². The van der Waals surface area contributed by atoms with Crippen molar-refractivity contribution in [3.8, 4) is 0 Å². The first-order valence-corrected chi connectivity index (χ1v) is 10.7. The smallest absolute Gasteiger partial charge is 0.273 e. The third-order valence-electron chi connectivity index (χ3n) is 5.26. The van der Waals surface area contributed by atoms with E-state index in [1.165, 1.54) is 4.90 Å². The Morgan fingerprint density at radius 2 is 1.59 bits per heavy atom. The van der Waals surface area contributed by atoms with Gasteiger partial charge in [-0.2, -0.15) is 0 Å². The van der Waals surface area contributed by atoms with Gasteiger partial charge in [0.2, 0.25) is 0 Å². The van der Waals surface area contributed by atoms with Gasteiger partial charge in [-0.1, -0.05) is 67.4 Å². The van der Waals surface area contributed by atoms with E-state index in [0.29, 0.717) is 0 Å². The third kappa shape index (κ3) is 4.27. The largest absolute Gasteiger partial charge is 0.331 e. The van der Waals surface area contributed by atoms with E-state index in [0.717, 1.165) is 47.5 Å². The zero-order valence-corrected chi connectivity index (χ0v) is 16.8. The molecule has 29 heavy (non-hydrogen) atoms. The van der Waals surface area contributed by atoms with E-state index < -0.39 is 17.8 Å². The van der Waals surface area contributed by atoms with Crippen LogP contribution in [0.4, 0.5) is 4.79 Å². The molecule has 1 aliphatic heterocycles. The first-order chi connectivity index (χ1) is 14.1. The Labute approximate surface area is 174 Å². The molecule has 0 bridgehead atoms. The molecule has 2 aliphatic rings. The topological polar surface area (TPSA) is 66.5 Å². The van der Waals surface area contributed by atoms with Crippen LogP contribution in [0.25, 0.3) is 6.08 Å². The molecule has 0 atom stereocenters. The van der Waals surface area contributed by atoms with Crippen molar-refractivity contribution in [1.82, 2.24) is 10.2 Å². The van der Waals surface area contributed by atoms with Crippen molar-refractivity contribution in [3.63, 3.8) is 0 Å². The fourth-order valence-corrected chi connectivity index (χ4v) is 4.74. The standard InChI is InChI=1S/C23H22N2O3S/c26-21-19(22(27)25(23(28)24-21)17-10-3-1-4-11-17)15-16-9-7-8-14-20(16)29-18-12-5-2-6-13-18/h2,5-9,12-15,17H,1,3-4,10-11H2,(H,24,26,28). The molecule has 0 aromatic heterocycles. The van der Waals surface area contributed by atoms with Gasteiger partial charge in [-0.3, -0.25) is 19.8 Å². The number of rotatable bonds is 4. The number of nitrogens with one attached hydrogen (secondary N) is 1. The number of carbonyl (C=O) groups is 3. The van der Waals surface area contributed by atoms with Gasteiger partial charge in [-0.05, 0) is 42.7 Å². The average molecular weight is 407 g/mol. The lowest BCUT2D eigenvalue weighted by atomic mass is 9.93. The summed E-state index contributed by atoms with van der Waals surface area (Å²) in [4.78, 5) is 41.2. The molecule has 1 aliphatic carbocycles. The molecule has 1 heterocycles. The molecule has 2 aromatic rings. The monoisotopic (exact) mass is 406 g/mol. The van der Waals surface area contributed by atoms with Crippen LogP contribution in [0.1, 0.15) is 37.7 Å². The van der Waals surface area contributed by atoms with Crippen LogP contribution < -0.4 is 5.32 Å². The van der Waals surface area contributed by atoms with E-state index in [-0.39, 0.29) is 11.6 Å². The minimum absolute atomic E-state index is 0.0104. The van der Waals surface area contributed by atoms with Crippen molar-refractivity contribution in [3.05, 3.63) is 65.7 Å². The van der Waals surface area contributed by atoms with Crippen LogP contribution in [0.5, 0.6) is 0 Å². The lowest BCUT2D eigenvalue weighted by molar-refractivity contribution is -0.132. The number of carbonyl (C=O) groups excluding carboxylic acids is 3. The van der Waals surface area contributed by atoms with Gasteiger partial charge in [0.25, 0.3) is 11.8 Å². The highest BCUT2D eigenvalue weighted by atomic mass is 32.2. The molecular formula is C23H22N2O3S. The second-order valence-electron chi connectivity index (χ2n) is 7.24. The number of urea groups is 1. The lowest BCUT2D eigenvalue weighted by Crippen LogP contribution is -2.58. The molecule has 1 saturated heterocycles. The van der Waals surface area contributed by atoms with E-state index in [4.69, 9.17) is 0 Å². The van der Waals surface area contributed by atoms with E-state index in [2.05, 4.69) is 5.32 Å². The molecule has 4 rings (SSSR count). The van der Waals surface area contributed by atoms with E-state index in [9.17, 15) is 14.4 Å². The lowest BCUT2D eigenvalue weighted by Gasteiger charge is -2.35. The van der Waals surface area contributed by atoms with Crippen molar-refractivity contribution >= 4 is 35.7 Å². The maximum Gasteiger partial charge on any atom is 0.331 e. The zero-order chi connectivity index (χ0) is 20.2. The highest BCUT2D eigenvalue weighted by Crippen LogP contribution is 2.32. The van der Waals surface area contributed by atoms with Crippen molar-refractivity contribution in [2.75, 3.05) is 0 Å². The average Bonchev–Trinajstić information content (AvgIpc) is 2.74. The first-order valence-electron chi connectivity index (χ1n) is 9.86. The minimum atomic E-state index is -0.633. The summed E-state index contributed by atoms with van der Waals surface area (Å²) >= 11 is 1.57. The summed E-state index contributed by atoms with van der Waals surface area (Å²) in [7, 11) is 0. The Balaban J connectivity index is 1.65. The molecule has 6 heteroatoms. The van der Waals surface area contributed by atoms with Crippen LogP contribution in [0.3, 0.4) is 0 Å². The number of amides is 4. The van der Waals surface area contributed by atoms with Crippen molar-refractivity contribution in [2.24, 2.45) is 0 Å². The molecule has 1 N–H and O–H groups in total. The number of benzene rings is 2. The van der Waals surface area contributed by atoms with Crippen molar-refractivity contribution < 1.29 is 14.4 Å². The summed E-state index contributed by atoms with van der Waals surface area (Å²) in [6.07, 6.45) is 6.29. The summed E-state index contributed by atoms with van der Waals surface area (Å²) in [5.41, 5.74) is 0.786. The van der Waals surface area contributed by atoms with Gasteiger partial charge in [-0.25, -0.2) is 4.79 Å². The summed E-state index contributed by atoms with van der Waals surface area (Å²) in [6, 6.07) is 16.8. The van der Waals surface area contributed by atoms with Gasteiger partial charge in [0, 0.05) is 15.8 Å². The fourth-order valence-electron chi connectivity index (χ4n) is 3.81. The molecule has 0 unspecified atom stereocenters. The number of imide groups is 2. The van der Waals surface area contributed by atoms with Crippen LogP contribution in [0, 0.1) is 0 Å². The summed E-state index contributed by atoms with van der Waals surface area (Å²) in [5.74, 6) is -1.13. The van der Waals surface area contributed by atoms with Gasteiger partial charge in [-0.15, -0.1) is 0 Å². The predicted octanol–water partition coefficient (Wildman–Crippen LogP) is 4.63. The predicted molar refractivity (Wildman–Crippen MR) is 112 cm³/mol. The van der Waals surface area contributed by atoms with Gasteiger partial charge in [0.15, 0.2) is 0 Å².